The summed E-state index contributed by atoms with van der Waals surface area (Å²) in [5.41, 5.74) is 6.69. The van der Waals surface area contributed by atoms with Gasteiger partial charge in [0.2, 0.25) is 5.88 Å². The number of nitrogen functional groups attached to an aromatic ring is 1. The summed E-state index contributed by atoms with van der Waals surface area (Å²) in [5.74, 6) is 0.578. The van der Waals surface area contributed by atoms with Crippen LogP contribution in [0.25, 0.3) is 0 Å². The predicted molar refractivity (Wildman–Crippen MR) is 70.6 cm³/mol. The van der Waals surface area contributed by atoms with Crippen molar-refractivity contribution in [3.8, 4) is 5.88 Å². The second kappa shape index (κ2) is 5.81. The molecule has 6 nitrogen and oxygen atoms in total. The molecule has 0 atom stereocenters. The number of nitrogens with zero attached hydrogens (tertiary/aromatic N) is 2. The molecule has 0 fully saturated rings. The average Bonchev–Trinajstić information content (AvgIpc) is 2.45. The molecule has 0 aliphatic carbocycles. The average molecular weight is 258 g/mol. The first-order valence-electron chi connectivity index (χ1n) is 5.68. The van der Waals surface area contributed by atoms with E-state index in [9.17, 15) is 4.79 Å². The fourth-order valence-corrected chi connectivity index (χ4v) is 1.49. The molecule has 0 saturated carbocycles. The third-order valence-corrected chi connectivity index (χ3v) is 2.46. The van der Waals surface area contributed by atoms with Gasteiger partial charge in [-0.3, -0.25) is 4.79 Å². The van der Waals surface area contributed by atoms with Gasteiger partial charge in [0.05, 0.1) is 7.11 Å². The number of anilines is 1. The standard InChI is InChI=1S/C13H14N4O2/c1-19-12-6-5-9(7-15-12)8-16-13(18)10-3-2-4-11(14)17-10/h2-7H,8H2,1H3,(H2,14,17)(H,16,18). The number of nitrogens with one attached hydrogen (secondary N) is 1. The molecular formula is C13H14N4O2. The SMILES string of the molecule is COc1ccc(CNC(=O)c2cccc(N)n2)cn1. The Morgan fingerprint density at radius 2 is 2.21 bits per heavy atom. The molecule has 3 N–H and O–H groups in total. The zero-order valence-electron chi connectivity index (χ0n) is 10.5. The van der Waals surface area contributed by atoms with Gasteiger partial charge >= 0.3 is 0 Å². The van der Waals surface area contributed by atoms with Crippen LogP contribution in [0.3, 0.4) is 0 Å². The summed E-state index contributed by atoms with van der Waals surface area (Å²) in [4.78, 5) is 19.8. The highest BCUT2D eigenvalue weighted by atomic mass is 16.5. The van der Waals surface area contributed by atoms with E-state index in [-0.39, 0.29) is 5.91 Å². The van der Waals surface area contributed by atoms with Crippen LogP contribution in [0, 0.1) is 0 Å². The van der Waals surface area contributed by atoms with Crippen molar-refractivity contribution in [2.24, 2.45) is 0 Å². The van der Waals surface area contributed by atoms with E-state index in [1.807, 2.05) is 6.07 Å². The number of ether oxygens (including phenoxy) is 1. The molecule has 6 heteroatoms. The summed E-state index contributed by atoms with van der Waals surface area (Å²) in [7, 11) is 1.55. The first-order chi connectivity index (χ1) is 9.19. The molecule has 0 aliphatic heterocycles. The third kappa shape index (κ3) is 3.41. The molecule has 19 heavy (non-hydrogen) atoms. The summed E-state index contributed by atoms with van der Waals surface area (Å²) in [6, 6.07) is 8.49. The van der Waals surface area contributed by atoms with Gasteiger partial charge in [-0.15, -0.1) is 0 Å². The monoisotopic (exact) mass is 258 g/mol. The van der Waals surface area contributed by atoms with Crippen molar-refractivity contribution in [1.82, 2.24) is 15.3 Å². The lowest BCUT2D eigenvalue weighted by atomic mass is 10.2. The van der Waals surface area contributed by atoms with Crippen molar-refractivity contribution in [3.63, 3.8) is 0 Å². The Bertz CT molecular complexity index is 569. The van der Waals surface area contributed by atoms with Gasteiger partial charge in [-0.1, -0.05) is 12.1 Å². The smallest absolute Gasteiger partial charge is 0.270 e. The van der Waals surface area contributed by atoms with E-state index >= 15 is 0 Å². The topological polar surface area (TPSA) is 90.1 Å². The van der Waals surface area contributed by atoms with Crippen LogP contribution in [-0.2, 0) is 6.54 Å². The molecule has 0 aromatic carbocycles. The highest BCUT2D eigenvalue weighted by molar-refractivity contribution is 5.92. The van der Waals surface area contributed by atoms with Gasteiger partial charge in [0.1, 0.15) is 11.5 Å². The Labute approximate surface area is 110 Å². The van der Waals surface area contributed by atoms with Crippen molar-refractivity contribution >= 4 is 11.7 Å². The van der Waals surface area contributed by atoms with Crippen LogP contribution in [0.2, 0.25) is 0 Å². The van der Waals surface area contributed by atoms with Crippen molar-refractivity contribution in [1.29, 1.82) is 0 Å². The Kier molecular flexibility index (Phi) is 3.92. The van der Waals surface area contributed by atoms with Gasteiger partial charge in [-0.05, 0) is 17.7 Å². The van der Waals surface area contributed by atoms with E-state index in [0.717, 1.165) is 5.56 Å². The molecule has 0 unspecified atom stereocenters. The van der Waals surface area contributed by atoms with E-state index in [0.29, 0.717) is 23.9 Å². The lowest BCUT2D eigenvalue weighted by molar-refractivity contribution is 0.0946. The molecule has 2 aromatic heterocycles. The number of aromatic nitrogens is 2. The first kappa shape index (κ1) is 12.8. The summed E-state index contributed by atoms with van der Waals surface area (Å²) in [6.45, 7) is 0.367. The minimum absolute atomic E-state index is 0.275. The van der Waals surface area contributed by atoms with Gasteiger partial charge < -0.3 is 15.8 Å². The number of pyridine rings is 2. The lowest BCUT2D eigenvalue weighted by Gasteiger charge is -2.05. The van der Waals surface area contributed by atoms with Crippen LogP contribution < -0.4 is 15.8 Å². The molecule has 0 radical (unpaired) electrons. The number of hydrogen-bond acceptors (Lipinski definition) is 5. The fourth-order valence-electron chi connectivity index (χ4n) is 1.49. The van der Waals surface area contributed by atoms with Crippen molar-refractivity contribution in [3.05, 3.63) is 47.8 Å². The number of amides is 1. The normalized spacial score (nSPS) is 9.95. The van der Waals surface area contributed by atoms with Crippen LogP contribution in [-0.4, -0.2) is 23.0 Å². The van der Waals surface area contributed by atoms with Crippen LogP contribution in [0.5, 0.6) is 5.88 Å². The largest absolute Gasteiger partial charge is 0.481 e. The predicted octanol–water partition coefficient (Wildman–Crippen LogP) is 0.997. The molecular weight excluding hydrogens is 244 g/mol. The van der Waals surface area contributed by atoms with E-state index in [4.69, 9.17) is 10.5 Å². The van der Waals surface area contributed by atoms with Crippen molar-refractivity contribution in [2.75, 3.05) is 12.8 Å². The lowest BCUT2D eigenvalue weighted by Crippen LogP contribution is -2.24. The fraction of sp³-hybridized carbons (Fsp3) is 0.154. The van der Waals surface area contributed by atoms with Crippen molar-refractivity contribution in [2.45, 2.75) is 6.54 Å². The minimum atomic E-state index is -0.275. The second-order valence-corrected chi connectivity index (χ2v) is 3.84. The number of carbonyl (C=O) groups is 1. The Morgan fingerprint density at radius 3 is 2.84 bits per heavy atom. The number of methoxy groups -OCH3 is 1. The van der Waals surface area contributed by atoms with Crippen LogP contribution >= 0.6 is 0 Å². The number of rotatable bonds is 4. The Balaban J connectivity index is 1.96. The van der Waals surface area contributed by atoms with Crippen molar-refractivity contribution < 1.29 is 9.53 Å². The summed E-state index contributed by atoms with van der Waals surface area (Å²) in [6.07, 6.45) is 1.64. The number of nitrogens with two attached hydrogens (primary N) is 1. The number of carbonyl (C=O) groups excluding carboxylic acids is 1. The maximum Gasteiger partial charge on any atom is 0.270 e. The van der Waals surface area contributed by atoms with Crippen LogP contribution in [0.15, 0.2) is 36.5 Å². The first-order valence-corrected chi connectivity index (χ1v) is 5.68. The maximum atomic E-state index is 11.8. The van der Waals surface area contributed by atoms with Gasteiger partial charge in [0.15, 0.2) is 0 Å². The summed E-state index contributed by atoms with van der Waals surface area (Å²) >= 11 is 0. The van der Waals surface area contributed by atoms with Gasteiger partial charge in [-0.2, -0.15) is 0 Å². The van der Waals surface area contributed by atoms with Gasteiger partial charge in [0, 0.05) is 18.8 Å². The third-order valence-electron chi connectivity index (χ3n) is 2.46. The summed E-state index contributed by atoms with van der Waals surface area (Å²) < 4.78 is 4.95. The van der Waals surface area contributed by atoms with Gasteiger partial charge in [0.25, 0.3) is 5.91 Å². The van der Waals surface area contributed by atoms with E-state index < -0.39 is 0 Å². The highest BCUT2D eigenvalue weighted by Gasteiger charge is 2.07. The zero-order chi connectivity index (χ0) is 13.7. The molecule has 0 spiro atoms. The molecule has 0 bridgehead atoms. The van der Waals surface area contributed by atoms with Crippen LogP contribution in [0.4, 0.5) is 5.82 Å². The molecule has 0 saturated heterocycles. The highest BCUT2D eigenvalue weighted by Crippen LogP contribution is 2.06. The molecule has 1 amide bonds. The Morgan fingerprint density at radius 1 is 1.37 bits per heavy atom. The second-order valence-electron chi connectivity index (χ2n) is 3.84. The molecule has 0 aliphatic rings. The molecule has 98 valence electrons. The van der Waals surface area contributed by atoms with Crippen LogP contribution in [0.1, 0.15) is 16.1 Å². The van der Waals surface area contributed by atoms with E-state index in [1.165, 1.54) is 0 Å². The molecule has 2 heterocycles. The zero-order valence-corrected chi connectivity index (χ0v) is 10.5. The minimum Gasteiger partial charge on any atom is -0.481 e. The molecule has 2 rings (SSSR count). The van der Waals surface area contributed by atoms with E-state index in [1.54, 1.807) is 37.6 Å². The number of hydrogen-bond donors (Lipinski definition) is 2. The Hall–Kier alpha value is -2.63. The maximum absolute atomic E-state index is 11.8. The quantitative estimate of drug-likeness (QED) is 0.853. The van der Waals surface area contributed by atoms with Gasteiger partial charge in [-0.25, -0.2) is 9.97 Å². The van der Waals surface area contributed by atoms with E-state index in [2.05, 4.69) is 15.3 Å². The summed E-state index contributed by atoms with van der Waals surface area (Å²) in [5, 5.41) is 2.74. The molecule has 2 aromatic rings.